The van der Waals surface area contributed by atoms with Crippen molar-refractivity contribution in [2.24, 2.45) is 0 Å². The van der Waals surface area contributed by atoms with Gasteiger partial charge in [0.2, 0.25) is 0 Å². The third kappa shape index (κ3) is 5.55. The van der Waals surface area contributed by atoms with E-state index in [-0.39, 0.29) is 16.6 Å². The zero-order valence-corrected chi connectivity index (χ0v) is 20.3. The molecule has 0 spiro atoms. The van der Waals surface area contributed by atoms with Crippen molar-refractivity contribution in [3.63, 3.8) is 0 Å². The van der Waals surface area contributed by atoms with Crippen molar-refractivity contribution in [3.05, 3.63) is 72.2 Å². The second-order valence-electron chi connectivity index (χ2n) is 7.75. The van der Waals surface area contributed by atoms with Gasteiger partial charge in [-0.25, -0.2) is 0 Å². The fraction of sp³-hybridized carbons (Fsp3) is 0.240. The number of methoxy groups -OCH3 is 2. The number of anilines is 2. The molecule has 9 nitrogen and oxygen atoms in total. The summed E-state index contributed by atoms with van der Waals surface area (Å²) in [5, 5.41) is 5.84. The highest BCUT2D eigenvalue weighted by molar-refractivity contribution is 7.80. The summed E-state index contributed by atoms with van der Waals surface area (Å²) in [7, 11) is 2.97. The summed E-state index contributed by atoms with van der Waals surface area (Å²) in [6, 6.07) is 16.2. The van der Waals surface area contributed by atoms with Crippen LogP contribution in [0.25, 0.3) is 0 Å². The van der Waals surface area contributed by atoms with Crippen LogP contribution in [0.1, 0.15) is 20.9 Å². The predicted molar refractivity (Wildman–Crippen MR) is 136 cm³/mol. The van der Waals surface area contributed by atoms with Gasteiger partial charge in [0.15, 0.2) is 10.9 Å². The maximum absolute atomic E-state index is 12.8. The fourth-order valence-corrected chi connectivity index (χ4v) is 4.09. The first-order valence-electron chi connectivity index (χ1n) is 11.0. The van der Waals surface area contributed by atoms with Gasteiger partial charge in [-0.2, -0.15) is 0 Å². The van der Waals surface area contributed by atoms with Crippen LogP contribution in [-0.4, -0.2) is 62.2 Å². The molecule has 10 heteroatoms. The topological polar surface area (TPSA) is 96.3 Å². The number of carbonyl (C=O) groups is 2. The summed E-state index contributed by atoms with van der Waals surface area (Å²) in [4.78, 5) is 29.2. The van der Waals surface area contributed by atoms with Crippen LogP contribution in [0, 0.1) is 0 Å². The van der Waals surface area contributed by atoms with Crippen LogP contribution >= 0.6 is 12.2 Å². The molecule has 1 aliphatic heterocycles. The minimum atomic E-state index is -0.435. The van der Waals surface area contributed by atoms with E-state index in [4.69, 9.17) is 26.1 Å². The van der Waals surface area contributed by atoms with E-state index in [9.17, 15) is 9.59 Å². The molecule has 0 radical (unpaired) electrons. The molecule has 2 aromatic carbocycles. The molecule has 0 atom stereocenters. The molecule has 2 heterocycles. The summed E-state index contributed by atoms with van der Waals surface area (Å²) in [5.41, 5.74) is 2.04. The third-order valence-electron chi connectivity index (χ3n) is 5.67. The number of hydrogen-bond donors (Lipinski definition) is 2. The van der Waals surface area contributed by atoms with E-state index in [1.165, 1.54) is 20.5 Å². The first-order valence-corrected chi connectivity index (χ1v) is 11.4. The summed E-state index contributed by atoms with van der Waals surface area (Å²) < 4.78 is 15.8. The van der Waals surface area contributed by atoms with E-state index in [2.05, 4.69) is 15.5 Å². The Bertz CT molecular complexity index is 1170. The number of nitrogens with zero attached hydrogens (tertiary/aromatic N) is 2. The first-order chi connectivity index (χ1) is 17.0. The Morgan fingerprint density at radius 1 is 0.914 bits per heavy atom. The second kappa shape index (κ2) is 10.9. The number of piperazine rings is 1. The van der Waals surface area contributed by atoms with Gasteiger partial charge in [-0.15, -0.1) is 0 Å². The van der Waals surface area contributed by atoms with E-state index in [1.54, 1.807) is 35.2 Å². The molecule has 0 unspecified atom stereocenters. The molecule has 182 valence electrons. The van der Waals surface area contributed by atoms with Gasteiger partial charge in [-0.3, -0.25) is 14.9 Å². The molecule has 2 amide bonds. The maximum atomic E-state index is 12.8. The van der Waals surface area contributed by atoms with Gasteiger partial charge in [-0.05, 0) is 60.7 Å². The van der Waals surface area contributed by atoms with Crippen molar-refractivity contribution in [1.29, 1.82) is 0 Å². The van der Waals surface area contributed by atoms with Crippen molar-refractivity contribution in [1.82, 2.24) is 10.2 Å². The number of ether oxygens (including phenoxy) is 2. The standard InChI is InChI=1S/C25H26N4O5S/c1-32-19-5-3-6-20(33-2)22(19)23(30)27-25(35)26-17-8-10-18(11-9-17)28-12-14-29(15-13-28)24(31)21-7-4-16-34-21/h3-11,16H,12-15H2,1-2H3,(H2,26,27,30,35). The van der Waals surface area contributed by atoms with Crippen molar-refractivity contribution in [2.45, 2.75) is 0 Å². The van der Waals surface area contributed by atoms with Gasteiger partial charge in [0.05, 0.1) is 20.5 Å². The van der Waals surface area contributed by atoms with Crippen LogP contribution in [0.2, 0.25) is 0 Å². The first kappa shape index (κ1) is 24.1. The lowest BCUT2D eigenvalue weighted by atomic mass is 10.1. The number of benzene rings is 2. The molecule has 35 heavy (non-hydrogen) atoms. The lowest BCUT2D eigenvalue weighted by Gasteiger charge is -2.35. The predicted octanol–water partition coefficient (Wildman–Crippen LogP) is 3.39. The van der Waals surface area contributed by atoms with Gasteiger partial charge in [0.25, 0.3) is 11.8 Å². The molecular formula is C25H26N4O5S. The minimum Gasteiger partial charge on any atom is -0.496 e. The number of hydrogen-bond acceptors (Lipinski definition) is 7. The molecule has 3 aromatic rings. The minimum absolute atomic E-state index is 0.0875. The molecule has 0 aliphatic carbocycles. The molecule has 1 aromatic heterocycles. The number of carbonyl (C=O) groups excluding carboxylic acids is 2. The zero-order valence-electron chi connectivity index (χ0n) is 19.4. The summed E-state index contributed by atoms with van der Waals surface area (Å²) in [6.45, 7) is 2.66. The zero-order chi connectivity index (χ0) is 24.8. The molecule has 0 saturated carbocycles. The van der Waals surface area contributed by atoms with E-state index in [0.29, 0.717) is 43.4 Å². The Labute approximate surface area is 208 Å². The number of thiocarbonyl (C=S) groups is 1. The molecule has 1 saturated heterocycles. The van der Waals surface area contributed by atoms with Gasteiger partial charge < -0.3 is 29.0 Å². The monoisotopic (exact) mass is 494 g/mol. The molecule has 2 N–H and O–H groups in total. The Hall–Kier alpha value is -4.05. The number of rotatable bonds is 6. The Morgan fingerprint density at radius 2 is 1.57 bits per heavy atom. The SMILES string of the molecule is COc1cccc(OC)c1C(=O)NC(=S)Nc1ccc(N2CCN(C(=O)c3ccco3)CC2)cc1. The van der Waals surface area contributed by atoms with E-state index in [1.807, 2.05) is 24.3 Å². The van der Waals surface area contributed by atoms with Crippen molar-refractivity contribution < 1.29 is 23.5 Å². The highest BCUT2D eigenvalue weighted by atomic mass is 32.1. The Kier molecular flexibility index (Phi) is 7.51. The van der Waals surface area contributed by atoms with Crippen LogP contribution in [0.15, 0.2) is 65.3 Å². The van der Waals surface area contributed by atoms with E-state index < -0.39 is 5.91 Å². The van der Waals surface area contributed by atoms with Crippen LogP contribution in [0.4, 0.5) is 11.4 Å². The third-order valence-corrected chi connectivity index (χ3v) is 5.88. The fourth-order valence-electron chi connectivity index (χ4n) is 3.88. The molecule has 1 aliphatic rings. The lowest BCUT2D eigenvalue weighted by Crippen LogP contribution is -2.48. The van der Waals surface area contributed by atoms with Crippen molar-refractivity contribution >= 4 is 40.5 Å². The summed E-state index contributed by atoms with van der Waals surface area (Å²) in [5.74, 6) is 0.617. The maximum Gasteiger partial charge on any atom is 0.289 e. The Morgan fingerprint density at radius 3 is 2.14 bits per heavy atom. The average molecular weight is 495 g/mol. The summed E-state index contributed by atoms with van der Waals surface area (Å²) in [6.07, 6.45) is 1.51. The van der Waals surface area contributed by atoms with Gasteiger partial charge >= 0.3 is 0 Å². The van der Waals surface area contributed by atoms with Gasteiger partial charge in [0.1, 0.15) is 17.1 Å². The van der Waals surface area contributed by atoms with E-state index >= 15 is 0 Å². The lowest BCUT2D eigenvalue weighted by molar-refractivity contribution is 0.0714. The average Bonchev–Trinajstić information content (AvgIpc) is 3.43. The van der Waals surface area contributed by atoms with Crippen molar-refractivity contribution in [3.8, 4) is 11.5 Å². The smallest absolute Gasteiger partial charge is 0.289 e. The van der Waals surface area contributed by atoms with E-state index in [0.717, 1.165) is 11.4 Å². The highest BCUT2D eigenvalue weighted by Gasteiger charge is 2.24. The normalized spacial score (nSPS) is 13.2. The second-order valence-corrected chi connectivity index (χ2v) is 8.16. The largest absolute Gasteiger partial charge is 0.496 e. The number of furan rings is 1. The van der Waals surface area contributed by atoms with Crippen LogP contribution in [0.3, 0.4) is 0 Å². The number of nitrogens with one attached hydrogen (secondary N) is 2. The molecular weight excluding hydrogens is 468 g/mol. The molecule has 4 rings (SSSR count). The Balaban J connectivity index is 1.32. The van der Waals surface area contributed by atoms with Crippen molar-refractivity contribution in [2.75, 3.05) is 50.6 Å². The molecule has 0 bridgehead atoms. The summed E-state index contributed by atoms with van der Waals surface area (Å²) >= 11 is 5.32. The van der Waals surface area contributed by atoms with Gasteiger partial charge in [-0.1, -0.05) is 6.07 Å². The number of amides is 2. The van der Waals surface area contributed by atoms with Gasteiger partial charge in [0, 0.05) is 37.6 Å². The van der Waals surface area contributed by atoms with Crippen LogP contribution < -0.4 is 25.0 Å². The highest BCUT2D eigenvalue weighted by Crippen LogP contribution is 2.28. The molecule has 1 fully saturated rings. The van der Waals surface area contributed by atoms with Crippen LogP contribution in [-0.2, 0) is 0 Å². The van der Waals surface area contributed by atoms with Crippen LogP contribution in [0.5, 0.6) is 11.5 Å². The quantitative estimate of drug-likeness (QED) is 0.504.